The van der Waals surface area contributed by atoms with E-state index in [9.17, 15) is 4.39 Å². The molecule has 0 spiro atoms. The maximum atomic E-state index is 13.4. The second-order valence-electron chi connectivity index (χ2n) is 6.96. The monoisotopic (exact) mass is 497 g/mol. The van der Waals surface area contributed by atoms with Crippen LogP contribution in [-0.2, 0) is 13.1 Å². The van der Waals surface area contributed by atoms with Crippen molar-refractivity contribution < 1.29 is 4.39 Å². The second-order valence-corrected chi connectivity index (χ2v) is 6.96. The van der Waals surface area contributed by atoms with Crippen molar-refractivity contribution in [2.45, 2.75) is 32.4 Å². The molecule has 2 heterocycles. The summed E-state index contributed by atoms with van der Waals surface area (Å²) in [7, 11) is 3.71. The lowest BCUT2D eigenvalue weighted by molar-refractivity contribution is 0.474. The molecule has 0 bridgehead atoms. The number of guanidine groups is 1. The van der Waals surface area contributed by atoms with Gasteiger partial charge in [-0.05, 0) is 54.7 Å². The summed E-state index contributed by atoms with van der Waals surface area (Å²) >= 11 is 0. The lowest BCUT2D eigenvalue weighted by atomic mass is 10.1. The SMILES string of the molecule is CN=C(NCc1ccnc(N2CCCCC2)c1)N(C)Cc1cccc(F)c1.I. The molecule has 152 valence electrons. The molecule has 1 aliphatic heterocycles. The average molecular weight is 497 g/mol. The molecule has 1 fully saturated rings. The Morgan fingerprint density at radius 2 is 1.96 bits per heavy atom. The van der Waals surface area contributed by atoms with Crippen LogP contribution >= 0.6 is 24.0 Å². The van der Waals surface area contributed by atoms with Gasteiger partial charge in [0, 0.05) is 46.5 Å². The van der Waals surface area contributed by atoms with E-state index >= 15 is 0 Å². The highest BCUT2D eigenvalue weighted by Crippen LogP contribution is 2.18. The molecule has 2 aromatic rings. The van der Waals surface area contributed by atoms with E-state index in [4.69, 9.17) is 0 Å². The summed E-state index contributed by atoms with van der Waals surface area (Å²) in [4.78, 5) is 13.2. The normalized spacial score (nSPS) is 14.4. The molecule has 3 rings (SSSR count). The van der Waals surface area contributed by atoms with Gasteiger partial charge in [0.15, 0.2) is 5.96 Å². The van der Waals surface area contributed by atoms with E-state index in [0.717, 1.165) is 30.4 Å². The summed E-state index contributed by atoms with van der Waals surface area (Å²) < 4.78 is 13.4. The highest BCUT2D eigenvalue weighted by atomic mass is 127. The number of rotatable bonds is 5. The van der Waals surface area contributed by atoms with Gasteiger partial charge >= 0.3 is 0 Å². The van der Waals surface area contributed by atoms with Crippen molar-refractivity contribution in [3.63, 3.8) is 0 Å². The molecule has 0 amide bonds. The van der Waals surface area contributed by atoms with Gasteiger partial charge < -0.3 is 15.1 Å². The number of aliphatic imine (C=N–C) groups is 1. The van der Waals surface area contributed by atoms with Crippen molar-refractivity contribution in [3.05, 3.63) is 59.5 Å². The van der Waals surface area contributed by atoms with E-state index in [1.54, 1.807) is 19.2 Å². The van der Waals surface area contributed by atoms with Crippen molar-refractivity contribution in [2.24, 2.45) is 4.99 Å². The Morgan fingerprint density at radius 1 is 1.18 bits per heavy atom. The molecular weight excluding hydrogens is 468 g/mol. The number of anilines is 1. The van der Waals surface area contributed by atoms with Crippen LogP contribution in [0, 0.1) is 5.82 Å². The molecular formula is C21H29FIN5. The predicted octanol–water partition coefficient (Wildman–Crippen LogP) is 4.04. The number of benzene rings is 1. The van der Waals surface area contributed by atoms with Gasteiger partial charge in [0.1, 0.15) is 11.6 Å². The second kappa shape index (κ2) is 11.2. The first kappa shape index (κ1) is 22.4. The summed E-state index contributed by atoms with van der Waals surface area (Å²) in [5.74, 6) is 1.61. The topological polar surface area (TPSA) is 43.8 Å². The summed E-state index contributed by atoms with van der Waals surface area (Å²) in [5, 5.41) is 3.39. The first-order valence-corrected chi connectivity index (χ1v) is 9.52. The van der Waals surface area contributed by atoms with Gasteiger partial charge in [0.05, 0.1) is 0 Å². The van der Waals surface area contributed by atoms with Crippen molar-refractivity contribution >= 4 is 35.8 Å². The largest absolute Gasteiger partial charge is 0.357 e. The fourth-order valence-electron chi connectivity index (χ4n) is 3.42. The lowest BCUT2D eigenvalue weighted by Gasteiger charge is -2.28. The number of hydrogen-bond donors (Lipinski definition) is 1. The number of hydrogen-bond acceptors (Lipinski definition) is 3. The fourth-order valence-corrected chi connectivity index (χ4v) is 3.42. The first-order valence-electron chi connectivity index (χ1n) is 9.52. The molecule has 0 radical (unpaired) electrons. The lowest BCUT2D eigenvalue weighted by Crippen LogP contribution is -2.38. The Hall–Kier alpha value is -1.90. The first-order chi connectivity index (χ1) is 13.2. The number of nitrogens with one attached hydrogen (secondary N) is 1. The van der Waals surface area contributed by atoms with Crippen LogP contribution in [0.15, 0.2) is 47.6 Å². The quantitative estimate of drug-likeness (QED) is 0.385. The number of piperidine rings is 1. The molecule has 1 aromatic heterocycles. The van der Waals surface area contributed by atoms with Gasteiger partial charge in [-0.25, -0.2) is 9.37 Å². The zero-order chi connectivity index (χ0) is 19.1. The van der Waals surface area contributed by atoms with Crippen molar-refractivity contribution in [1.82, 2.24) is 15.2 Å². The van der Waals surface area contributed by atoms with Crippen LogP contribution in [0.1, 0.15) is 30.4 Å². The Bertz CT molecular complexity index is 777. The van der Waals surface area contributed by atoms with Gasteiger partial charge in [-0.3, -0.25) is 4.99 Å². The Morgan fingerprint density at radius 3 is 2.68 bits per heavy atom. The summed E-state index contributed by atoms with van der Waals surface area (Å²) in [6.45, 7) is 3.43. The smallest absolute Gasteiger partial charge is 0.193 e. The van der Waals surface area contributed by atoms with E-state index in [1.165, 1.54) is 30.9 Å². The fraction of sp³-hybridized carbons (Fsp3) is 0.429. The van der Waals surface area contributed by atoms with Crippen LogP contribution in [0.5, 0.6) is 0 Å². The molecule has 7 heteroatoms. The minimum Gasteiger partial charge on any atom is -0.357 e. The molecule has 1 aromatic carbocycles. The van der Waals surface area contributed by atoms with E-state index in [-0.39, 0.29) is 29.8 Å². The molecule has 0 aliphatic carbocycles. The number of aromatic nitrogens is 1. The summed E-state index contributed by atoms with van der Waals surface area (Å²) in [5.41, 5.74) is 2.09. The molecule has 1 aliphatic rings. The molecule has 0 saturated carbocycles. The molecule has 0 atom stereocenters. The Balaban J connectivity index is 0.00000280. The zero-order valence-corrected chi connectivity index (χ0v) is 18.9. The van der Waals surface area contributed by atoms with E-state index in [1.807, 2.05) is 30.3 Å². The van der Waals surface area contributed by atoms with Gasteiger partial charge in [0.25, 0.3) is 0 Å². The highest BCUT2D eigenvalue weighted by Gasteiger charge is 2.13. The average Bonchev–Trinajstić information content (AvgIpc) is 2.69. The predicted molar refractivity (Wildman–Crippen MR) is 124 cm³/mol. The van der Waals surface area contributed by atoms with Crippen molar-refractivity contribution in [2.75, 3.05) is 32.1 Å². The minimum absolute atomic E-state index is 0. The highest BCUT2D eigenvalue weighted by molar-refractivity contribution is 14.0. The van der Waals surface area contributed by atoms with Crippen LogP contribution in [0.25, 0.3) is 0 Å². The third-order valence-electron chi connectivity index (χ3n) is 4.82. The Labute approximate surface area is 184 Å². The summed E-state index contributed by atoms with van der Waals surface area (Å²) in [6.07, 6.45) is 5.66. The van der Waals surface area contributed by atoms with Gasteiger partial charge in [-0.1, -0.05) is 12.1 Å². The maximum absolute atomic E-state index is 13.4. The van der Waals surface area contributed by atoms with Crippen LogP contribution < -0.4 is 10.2 Å². The Kier molecular flexibility index (Phi) is 8.95. The number of pyridine rings is 1. The zero-order valence-electron chi connectivity index (χ0n) is 16.6. The van der Waals surface area contributed by atoms with Crippen molar-refractivity contribution in [1.29, 1.82) is 0 Å². The maximum Gasteiger partial charge on any atom is 0.193 e. The van der Waals surface area contributed by atoms with Gasteiger partial charge in [0.2, 0.25) is 0 Å². The van der Waals surface area contributed by atoms with E-state index < -0.39 is 0 Å². The molecule has 1 saturated heterocycles. The standard InChI is InChI=1S/C21H28FN5.HI/c1-23-21(26(2)16-18-7-6-8-19(22)13-18)25-15-17-9-10-24-20(14-17)27-11-4-3-5-12-27;/h6-10,13-14H,3-5,11-12,15-16H2,1-2H3,(H,23,25);1H. The van der Waals surface area contributed by atoms with Gasteiger partial charge in [-0.2, -0.15) is 0 Å². The number of nitrogens with zero attached hydrogens (tertiary/aromatic N) is 4. The van der Waals surface area contributed by atoms with Crippen LogP contribution in [0.2, 0.25) is 0 Å². The molecule has 28 heavy (non-hydrogen) atoms. The van der Waals surface area contributed by atoms with E-state index in [0.29, 0.717) is 13.1 Å². The number of halogens is 2. The van der Waals surface area contributed by atoms with Crippen LogP contribution in [-0.4, -0.2) is 43.0 Å². The molecule has 0 unspecified atom stereocenters. The third kappa shape index (κ3) is 6.32. The third-order valence-corrected chi connectivity index (χ3v) is 4.82. The van der Waals surface area contributed by atoms with Crippen LogP contribution in [0.3, 0.4) is 0 Å². The van der Waals surface area contributed by atoms with Gasteiger partial charge in [-0.15, -0.1) is 24.0 Å². The summed E-state index contributed by atoms with van der Waals surface area (Å²) in [6, 6.07) is 10.8. The van der Waals surface area contributed by atoms with Crippen molar-refractivity contribution in [3.8, 4) is 0 Å². The molecule has 1 N–H and O–H groups in total. The minimum atomic E-state index is -0.217. The molecule has 5 nitrogen and oxygen atoms in total. The van der Waals surface area contributed by atoms with Crippen LogP contribution in [0.4, 0.5) is 10.2 Å². The van der Waals surface area contributed by atoms with E-state index in [2.05, 4.69) is 26.3 Å².